The Kier molecular flexibility index (Phi) is 5.27. The Labute approximate surface area is 127 Å². The number of carbonyl (C=O) groups excluding carboxylic acids is 1. The molecule has 6 nitrogen and oxygen atoms in total. The Balaban J connectivity index is 2.12. The zero-order chi connectivity index (χ0) is 15.6. The monoisotopic (exact) mass is 318 g/mol. The molecule has 1 heterocycles. The maximum Gasteiger partial charge on any atom is 0.241 e. The van der Waals surface area contributed by atoms with Crippen molar-refractivity contribution < 1.29 is 18.3 Å². The Morgan fingerprint density at radius 2 is 1.76 bits per heavy atom. The number of nitrogens with zero attached hydrogens (tertiary/aromatic N) is 2. The molecule has 1 saturated heterocycles. The second-order valence-electron chi connectivity index (χ2n) is 6.25. The van der Waals surface area contributed by atoms with Crippen LogP contribution in [0.3, 0.4) is 0 Å². The average molecular weight is 318 g/mol. The molecule has 0 aromatic heterocycles. The number of aliphatic hydroxyl groups excluding tert-OH is 1. The molecule has 1 N–H and O–H groups in total. The zero-order valence-corrected chi connectivity index (χ0v) is 13.7. The summed E-state index contributed by atoms with van der Waals surface area (Å²) in [5, 5.41) is 10.1. The summed E-state index contributed by atoms with van der Waals surface area (Å²) in [6.07, 6.45) is 6.38. The molecular formula is C14H26N2O4S. The number of carbonyl (C=O) groups is 1. The first kappa shape index (κ1) is 16.7. The molecule has 122 valence electrons. The van der Waals surface area contributed by atoms with E-state index in [1.54, 1.807) is 11.9 Å². The topological polar surface area (TPSA) is 77.9 Å². The van der Waals surface area contributed by atoms with E-state index in [0.29, 0.717) is 19.4 Å². The molecule has 3 unspecified atom stereocenters. The summed E-state index contributed by atoms with van der Waals surface area (Å²) >= 11 is 0. The van der Waals surface area contributed by atoms with Crippen LogP contribution in [-0.4, -0.2) is 66.7 Å². The lowest BCUT2D eigenvalue weighted by atomic mass is 9.91. The van der Waals surface area contributed by atoms with E-state index in [-0.39, 0.29) is 11.9 Å². The van der Waals surface area contributed by atoms with E-state index in [4.69, 9.17) is 0 Å². The van der Waals surface area contributed by atoms with E-state index in [2.05, 4.69) is 0 Å². The Morgan fingerprint density at radius 1 is 1.14 bits per heavy atom. The number of sulfonamides is 1. The lowest BCUT2D eigenvalue weighted by Gasteiger charge is -2.40. The molecule has 1 saturated carbocycles. The van der Waals surface area contributed by atoms with Gasteiger partial charge in [0.1, 0.15) is 6.04 Å². The van der Waals surface area contributed by atoms with Gasteiger partial charge >= 0.3 is 0 Å². The van der Waals surface area contributed by atoms with E-state index in [1.807, 2.05) is 0 Å². The van der Waals surface area contributed by atoms with Crippen molar-refractivity contribution in [3.8, 4) is 0 Å². The first-order chi connectivity index (χ1) is 9.82. The number of likely N-dealkylation sites (N-methyl/N-ethyl adjacent to an activating group) is 1. The standard InChI is InChI=1S/C14H26N2O4S/c1-15(11-7-3-4-9-13(11)17)14(18)12-8-5-6-10-16(12)21(2,19)20/h11-13,17H,3-10H2,1-2H3. The minimum Gasteiger partial charge on any atom is -0.391 e. The molecule has 1 amide bonds. The van der Waals surface area contributed by atoms with Crippen LogP contribution in [0.2, 0.25) is 0 Å². The van der Waals surface area contributed by atoms with Crippen molar-refractivity contribution in [2.75, 3.05) is 19.8 Å². The van der Waals surface area contributed by atoms with Gasteiger partial charge in [0.05, 0.1) is 18.4 Å². The summed E-state index contributed by atoms with van der Waals surface area (Å²) in [5.41, 5.74) is 0. The molecule has 0 spiro atoms. The summed E-state index contributed by atoms with van der Waals surface area (Å²) in [4.78, 5) is 14.3. The predicted octanol–water partition coefficient (Wildman–Crippen LogP) is 0.562. The second kappa shape index (κ2) is 6.62. The average Bonchev–Trinajstić information content (AvgIpc) is 2.45. The molecule has 0 radical (unpaired) electrons. The van der Waals surface area contributed by atoms with Crippen LogP contribution in [0.1, 0.15) is 44.9 Å². The number of rotatable bonds is 3. The quantitative estimate of drug-likeness (QED) is 0.825. The summed E-state index contributed by atoms with van der Waals surface area (Å²) in [5.74, 6) is -0.175. The van der Waals surface area contributed by atoms with Gasteiger partial charge in [0.15, 0.2) is 0 Å². The van der Waals surface area contributed by atoms with Gasteiger partial charge in [-0.25, -0.2) is 8.42 Å². The highest BCUT2D eigenvalue weighted by Gasteiger charge is 2.39. The van der Waals surface area contributed by atoms with Gasteiger partial charge in [-0.2, -0.15) is 4.31 Å². The lowest BCUT2D eigenvalue weighted by molar-refractivity contribution is -0.140. The summed E-state index contributed by atoms with van der Waals surface area (Å²) in [6, 6.07) is -0.789. The van der Waals surface area contributed by atoms with Gasteiger partial charge in [0.2, 0.25) is 15.9 Å². The van der Waals surface area contributed by atoms with Crippen LogP contribution < -0.4 is 0 Å². The third kappa shape index (κ3) is 3.76. The number of hydrogen-bond acceptors (Lipinski definition) is 4. The molecule has 1 aliphatic carbocycles. The fraction of sp³-hybridized carbons (Fsp3) is 0.929. The van der Waals surface area contributed by atoms with E-state index < -0.39 is 22.2 Å². The summed E-state index contributed by atoms with van der Waals surface area (Å²) < 4.78 is 25.1. The number of piperidine rings is 1. The van der Waals surface area contributed by atoms with Crippen molar-refractivity contribution >= 4 is 15.9 Å². The maximum atomic E-state index is 12.7. The number of hydrogen-bond donors (Lipinski definition) is 1. The molecule has 0 aromatic carbocycles. The maximum absolute atomic E-state index is 12.7. The molecule has 21 heavy (non-hydrogen) atoms. The molecule has 7 heteroatoms. The molecule has 2 fully saturated rings. The zero-order valence-electron chi connectivity index (χ0n) is 12.9. The van der Waals surface area contributed by atoms with Gasteiger partial charge in [-0.3, -0.25) is 4.79 Å². The first-order valence-corrected chi connectivity index (χ1v) is 9.58. The van der Waals surface area contributed by atoms with Crippen LogP contribution >= 0.6 is 0 Å². The van der Waals surface area contributed by atoms with Crippen molar-refractivity contribution in [2.24, 2.45) is 0 Å². The van der Waals surface area contributed by atoms with Crippen LogP contribution in [0.4, 0.5) is 0 Å². The van der Waals surface area contributed by atoms with Crippen molar-refractivity contribution in [3.63, 3.8) is 0 Å². The van der Waals surface area contributed by atoms with Crippen LogP contribution in [0.25, 0.3) is 0 Å². The van der Waals surface area contributed by atoms with Crippen LogP contribution in [0.5, 0.6) is 0 Å². The van der Waals surface area contributed by atoms with E-state index in [0.717, 1.165) is 38.4 Å². The summed E-state index contributed by atoms with van der Waals surface area (Å²) in [6.45, 7) is 0.413. The fourth-order valence-electron chi connectivity index (χ4n) is 3.49. The van der Waals surface area contributed by atoms with E-state index in [1.165, 1.54) is 4.31 Å². The minimum absolute atomic E-state index is 0.175. The van der Waals surface area contributed by atoms with Crippen molar-refractivity contribution in [1.29, 1.82) is 0 Å². The van der Waals surface area contributed by atoms with Gasteiger partial charge in [-0.1, -0.05) is 19.3 Å². The smallest absolute Gasteiger partial charge is 0.241 e. The Bertz CT molecular complexity index is 479. The number of amides is 1. The molecule has 3 atom stereocenters. The SMILES string of the molecule is CN(C(=O)C1CCCCN1S(C)(=O)=O)C1CCCCC1O. The van der Waals surface area contributed by atoms with Crippen molar-refractivity contribution in [3.05, 3.63) is 0 Å². The fourth-order valence-corrected chi connectivity index (χ4v) is 4.61. The Morgan fingerprint density at radius 3 is 2.38 bits per heavy atom. The predicted molar refractivity (Wildman–Crippen MR) is 80.2 cm³/mol. The summed E-state index contributed by atoms with van der Waals surface area (Å²) in [7, 11) is -1.68. The highest BCUT2D eigenvalue weighted by atomic mass is 32.2. The van der Waals surface area contributed by atoms with Gasteiger partial charge in [-0.05, 0) is 25.7 Å². The van der Waals surface area contributed by atoms with Crippen molar-refractivity contribution in [2.45, 2.75) is 63.1 Å². The van der Waals surface area contributed by atoms with Crippen LogP contribution in [-0.2, 0) is 14.8 Å². The van der Waals surface area contributed by atoms with Gasteiger partial charge in [-0.15, -0.1) is 0 Å². The molecule has 2 rings (SSSR count). The molecule has 1 aliphatic heterocycles. The molecule has 2 aliphatic rings. The van der Waals surface area contributed by atoms with Gasteiger partial charge in [0.25, 0.3) is 0 Å². The van der Waals surface area contributed by atoms with Crippen LogP contribution in [0, 0.1) is 0 Å². The second-order valence-corrected chi connectivity index (χ2v) is 8.19. The highest BCUT2D eigenvalue weighted by Crippen LogP contribution is 2.26. The van der Waals surface area contributed by atoms with E-state index >= 15 is 0 Å². The molecule has 0 aromatic rings. The normalized spacial score (nSPS) is 31.9. The lowest BCUT2D eigenvalue weighted by Crippen LogP contribution is -2.56. The molecular weight excluding hydrogens is 292 g/mol. The number of aliphatic hydroxyl groups is 1. The minimum atomic E-state index is -3.37. The molecule has 0 bridgehead atoms. The first-order valence-electron chi connectivity index (χ1n) is 7.74. The van der Waals surface area contributed by atoms with Crippen LogP contribution in [0.15, 0.2) is 0 Å². The third-order valence-electron chi connectivity index (χ3n) is 4.70. The highest BCUT2D eigenvalue weighted by molar-refractivity contribution is 7.88. The van der Waals surface area contributed by atoms with Gasteiger partial charge < -0.3 is 10.0 Å². The largest absolute Gasteiger partial charge is 0.391 e. The Hall–Kier alpha value is -0.660. The van der Waals surface area contributed by atoms with Gasteiger partial charge in [0, 0.05) is 13.6 Å². The van der Waals surface area contributed by atoms with Crippen molar-refractivity contribution in [1.82, 2.24) is 9.21 Å². The van der Waals surface area contributed by atoms with E-state index in [9.17, 15) is 18.3 Å². The third-order valence-corrected chi connectivity index (χ3v) is 5.99.